The summed E-state index contributed by atoms with van der Waals surface area (Å²) in [7, 11) is 0. The molecule has 0 aromatic heterocycles. The van der Waals surface area contributed by atoms with Crippen molar-refractivity contribution >= 4 is 5.69 Å². The molecule has 0 aliphatic carbocycles. The van der Waals surface area contributed by atoms with Gasteiger partial charge in [-0.15, -0.1) is 0 Å². The van der Waals surface area contributed by atoms with Gasteiger partial charge in [0.1, 0.15) is 0 Å². The Hall–Kier alpha value is -1.38. The van der Waals surface area contributed by atoms with Gasteiger partial charge in [-0.2, -0.15) is 0 Å². The summed E-state index contributed by atoms with van der Waals surface area (Å²) >= 11 is 0. The van der Waals surface area contributed by atoms with Crippen LogP contribution in [0.25, 0.3) is 0 Å². The van der Waals surface area contributed by atoms with E-state index in [0.29, 0.717) is 0 Å². The van der Waals surface area contributed by atoms with E-state index in [0.717, 1.165) is 12.1 Å². The number of para-hydroxylation sites is 1. The highest BCUT2D eigenvalue weighted by atomic mass is 16.6. The van der Waals surface area contributed by atoms with Crippen LogP contribution in [0.15, 0.2) is 18.2 Å². The van der Waals surface area contributed by atoms with Gasteiger partial charge in [-0.1, -0.05) is 18.2 Å². The zero-order valence-corrected chi connectivity index (χ0v) is 5.50. The molecule has 58 valence electrons. The van der Waals surface area contributed by atoms with E-state index in [-0.39, 0.29) is 0 Å². The van der Waals surface area contributed by atoms with Crippen molar-refractivity contribution in [2.45, 2.75) is 13.7 Å². The van der Waals surface area contributed by atoms with Crippen LogP contribution in [-0.2, 0) is 0 Å². The molecule has 0 radical (unpaired) electrons. The predicted molar refractivity (Wildman–Crippen MR) is 42.6 cm³/mol. The molecule has 0 amide bonds. The highest BCUT2D eigenvalue weighted by molar-refractivity contribution is 5.45. The molecular weight excluding hydrogens is 142 g/mol. The molecular formula is C8H9NO2. The number of rotatable bonds is 1. The fraction of sp³-hybridized carbons (Fsp3) is 0.250. The van der Waals surface area contributed by atoms with Crippen molar-refractivity contribution in [3.8, 4) is 0 Å². The van der Waals surface area contributed by atoms with Gasteiger partial charge in [0, 0.05) is 19.4 Å². The van der Waals surface area contributed by atoms with Crippen LogP contribution in [0.1, 0.15) is 19.4 Å². The molecule has 0 saturated heterocycles. The minimum atomic E-state index is -2.72. The van der Waals surface area contributed by atoms with Crippen LogP contribution in [0.3, 0.4) is 0 Å². The van der Waals surface area contributed by atoms with E-state index in [9.17, 15) is 10.1 Å². The van der Waals surface area contributed by atoms with Gasteiger partial charge in [-0.3, -0.25) is 10.1 Å². The SMILES string of the molecule is [2H]C([2H])([2H])c1cccc(C([2H])([2H])[2H])c1[N+](=O)[O-]. The van der Waals surface area contributed by atoms with Gasteiger partial charge in [-0.25, -0.2) is 0 Å². The number of nitrogens with zero attached hydrogens (tertiary/aromatic N) is 1. The quantitative estimate of drug-likeness (QED) is 0.463. The minimum Gasteiger partial charge on any atom is -0.258 e. The molecule has 0 aliphatic heterocycles. The number of benzene rings is 1. The van der Waals surface area contributed by atoms with E-state index < -0.39 is 35.4 Å². The average molecular weight is 157 g/mol. The predicted octanol–water partition coefficient (Wildman–Crippen LogP) is 2.21. The van der Waals surface area contributed by atoms with Gasteiger partial charge in [0.2, 0.25) is 0 Å². The Labute approximate surface area is 73.2 Å². The van der Waals surface area contributed by atoms with Crippen molar-refractivity contribution in [2.24, 2.45) is 0 Å². The number of aryl methyl sites for hydroxylation is 2. The summed E-state index contributed by atoms with van der Waals surface area (Å²) in [5.74, 6) is 0. The molecule has 11 heavy (non-hydrogen) atoms. The van der Waals surface area contributed by atoms with Crippen molar-refractivity contribution in [1.82, 2.24) is 0 Å². The molecule has 0 heterocycles. The zero-order valence-electron chi connectivity index (χ0n) is 11.5. The van der Waals surface area contributed by atoms with Crippen LogP contribution in [0.5, 0.6) is 0 Å². The molecule has 0 saturated carbocycles. The second-order valence-electron chi connectivity index (χ2n) is 1.96. The molecule has 1 aromatic carbocycles. The fourth-order valence-corrected chi connectivity index (χ4v) is 0.740. The highest BCUT2D eigenvalue weighted by Crippen LogP contribution is 2.21. The fourth-order valence-electron chi connectivity index (χ4n) is 0.740. The Morgan fingerprint density at radius 3 is 2.36 bits per heavy atom. The van der Waals surface area contributed by atoms with Crippen molar-refractivity contribution < 1.29 is 13.1 Å². The monoisotopic (exact) mass is 157 g/mol. The second-order valence-corrected chi connectivity index (χ2v) is 1.96. The molecule has 3 heteroatoms. The van der Waals surface area contributed by atoms with Crippen LogP contribution in [-0.4, -0.2) is 4.92 Å². The molecule has 0 fully saturated rings. The molecule has 0 spiro atoms. The first-order valence-electron chi connectivity index (χ1n) is 5.83. The van der Waals surface area contributed by atoms with E-state index in [4.69, 9.17) is 8.22 Å². The van der Waals surface area contributed by atoms with Crippen LogP contribution in [0.2, 0.25) is 0 Å². The molecule has 0 aliphatic rings. The van der Waals surface area contributed by atoms with E-state index in [1.807, 2.05) is 0 Å². The lowest BCUT2D eigenvalue weighted by atomic mass is 10.1. The topological polar surface area (TPSA) is 43.1 Å². The first kappa shape index (κ1) is 2.93. The van der Waals surface area contributed by atoms with E-state index in [1.165, 1.54) is 6.07 Å². The summed E-state index contributed by atoms with van der Waals surface area (Å²) in [6, 6.07) is 3.27. The lowest BCUT2D eigenvalue weighted by molar-refractivity contribution is -0.386. The molecule has 1 rings (SSSR count). The molecule has 0 N–H and O–H groups in total. The van der Waals surface area contributed by atoms with Gasteiger partial charge in [0.05, 0.1) is 4.92 Å². The van der Waals surface area contributed by atoms with E-state index in [2.05, 4.69) is 0 Å². The van der Waals surface area contributed by atoms with Gasteiger partial charge in [0.15, 0.2) is 0 Å². The van der Waals surface area contributed by atoms with Gasteiger partial charge in [-0.05, 0) is 13.7 Å². The highest BCUT2D eigenvalue weighted by Gasteiger charge is 2.11. The first-order valence-corrected chi connectivity index (χ1v) is 2.83. The minimum absolute atomic E-state index is 0.559. The number of hydrogen-bond acceptors (Lipinski definition) is 2. The lowest BCUT2D eigenvalue weighted by Crippen LogP contribution is -1.93. The third-order valence-electron chi connectivity index (χ3n) is 1.22. The maximum absolute atomic E-state index is 10.8. The van der Waals surface area contributed by atoms with Crippen LogP contribution in [0, 0.1) is 23.8 Å². The van der Waals surface area contributed by atoms with Crippen LogP contribution >= 0.6 is 0 Å². The summed E-state index contributed by atoms with van der Waals surface area (Å²) < 4.78 is 42.9. The summed E-state index contributed by atoms with van der Waals surface area (Å²) in [5, 5.41) is 10.8. The van der Waals surface area contributed by atoms with Gasteiger partial charge < -0.3 is 0 Å². The summed E-state index contributed by atoms with van der Waals surface area (Å²) in [4.78, 5) is 9.87. The Balaban J connectivity index is 3.61. The maximum Gasteiger partial charge on any atom is 0.275 e. The largest absolute Gasteiger partial charge is 0.275 e. The molecule has 3 nitrogen and oxygen atoms in total. The number of nitro benzene ring substituents is 1. The molecule has 0 unspecified atom stereocenters. The molecule has 1 aromatic rings. The average Bonchev–Trinajstić information content (AvgIpc) is 2.13. The van der Waals surface area contributed by atoms with Crippen LogP contribution < -0.4 is 0 Å². The standard InChI is InChI=1S/C8H9NO2/c1-6-4-3-5-7(2)8(6)9(10)11/h3-5H,1-2H3/i1D3,2D3. The van der Waals surface area contributed by atoms with E-state index in [1.54, 1.807) is 0 Å². The third-order valence-corrected chi connectivity index (χ3v) is 1.22. The molecule has 0 bridgehead atoms. The Morgan fingerprint density at radius 2 is 2.00 bits per heavy atom. The van der Waals surface area contributed by atoms with E-state index >= 15 is 0 Å². The van der Waals surface area contributed by atoms with Crippen LogP contribution in [0.4, 0.5) is 5.69 Å². The summed E-state index contributed by atoms with van der Waals surface area (Å²) in [6.45, 7) is -5.44. The van der Waals surface area contributed by atoms with Gasteiger partial charge >= 0.3 is 0 Å². The number of nitro groups is 1. The second kappa shape index (κ2) is 2.70. The van der Waals surface area contributed by atoms with Gasteiger partial charge in [0.25, 0.3) is 5.69 Å². The summed E-state index contributed by atoms with van der Waals surface area (Å²) in [6.07, 6.45) is 0. The zero-order chi connectivity index (χ0) is 13.4. The Morgan fingerprint density at radius 1 is 1.45 bits per heavy atom. The van der Waals surface area contributed by atoms with Crippen molar-refractivity contribution in [3.63, 3.8) is 0 Å². The smallest absolute Gasteiger partial charge is 0.258 e. The maximum atomic E-state index is 10.8. The first-order chi connectivity index (χ1) is 7.55. The Kier molecular flexibility index (Phi) is 0.719. The van der Waals surface area contributed by atoms with Crippen molar-refractivity contribution in [3.05, 3.63) is 39.4 Å². The van der Waals surface area contributed by atoms with Crippen molar-refractivity contribution in [2.75, 3.05) is 0 Å². The molecule has 0 atom stereocenters. The third kappa shape index (κ3) is 1.37. The lowest BCUT2D eigenvalue weighted by Gasteiger charge is -1.98. The number of hydrogen-bond donors (Lipinski definition) is 0. The van der Waals surface area contributed by atoms with Crippen molar-refractivity contribution in [1.29, 1.82) is 0 Å². The summed E-state index contributed by atoms with van der Waals surface area (Å²) in [5.41, 5.74) is -1.97. The normalized spacial score (nSPS) is 20.0. The Bertz CT molecular complexity index is 418.